The molecule has 0 aromatic heterocycles. The Morgan fingerprint density at radius 2 is 1.39 bits per heavy atom. The zero-order valence-corrected chi connectivity index (χ0v) is 22.4. The van der Waals surface area contributed by atoms with E-state index in [0.717, 1.165) is 28.1 Å². The van der Waals surface area contributed by atoms with Crippen molar-refractivity contribution in [3.63, 3.8) is 0 Å². The number of benzene rings is 4. The van der Waals surface area contributed by atoms with Gasteiger partial charge < -0.3 is 4.18 Å². The van der Waals surface area contributed by atoms with Crippen LogP contribution in [-0.2, 0) is 14.9 Å². The van der Waals surface area contributed by atoms with E-state index in [4.69, 9.17) is 9.18 Å². The fourth-order valence-corrected chi connectivity index (χ4v) is 5.69. The first-order chi connectivity index (χ1) is 18.3. The molecule has 0 atom stereocenters. The molecule has 1 heterocycles. The summed E-state index contributed by atoms with van der Waals surface area (Å²) in [7, 11) is -3.93. The minimum absolute atomic E-state index is 0.0794. The molecule has 1 amide bonds. The van der Waals surface area contributed by atoms with E-state index in [0.29, 0.717) is 10.1 Å². The average molecular weight is 541 g/mol. The molecule has 0 radical (unpaired) electrons. The summed E-state index contributed by atoms with van der Waals surface area (Å²) in [6, 6.07) is 30.1. The van der Waals surface area contributed by atoms with E-state index in [1.807, 2.05) is 62.4 Å². The molecule has 1 aliphatic rings. The number of anilines is 1. The van der Waals surface area contributed by atoms with Crippen molar-refractivity contribution < 1.29 is 17.4 Å². The maximum atomic E-state index is 13.5. The number of amides is 1. The van der Waals surface area contributed by atoms with Crippen molar-refractivity contribution in [3.8, 4) is 5.75 Å². The van der Waals surface area contributed by atoms with Crippen LogP contribution in [0.15, 0.2) is 118 Å². The van der Waals surface area contributed by atoms with E-state index in [1.54, 1.807) is 53.4 Å². The third-order valence-corrected chi connectivity index (χ3v) is 8.00. The second-order valence-electron chi connectivity index (χ2n) is 8.74. The standard InChI is InChI=1S/C30H24N2O4S2/c1-21-8-14-24(15-9-21)31-30-32(25-16-10-22(2)11-17-25)29(33)28(37-30)20-23-12-18-26(19-13-23)36-38(34,35)27-6-4-3-5-7-27/h3-20H,1-2H3/b28-20-,31-30?. The fraction of sp³-hybridized carbons (Fsp3) is 0.0667. The molecule has 6 nitrogen and oxygen atoms in total. The first-order valence-electron chi connectivity index (χ1n) is 11.8. The SMILES string of the molecule is Cc1ccc(N=C2S/C(=C\c3ccc(OS(=O)(=O)c4ccccc4)cc3)C(=O)N2c2ccc(C)cc2)cc1. The molecule has 0 saturated carbocycles. The van der Waals surface area contributed by atoms with Crippen LogP contribution >= 0.6 is 11.8 Å². The number of aryl methyl sites for hydroxylation is 2. The number of carbonyl (C=O) groups is 1. The Labute approximate surface area is 226 Å². The van der Waals surface area contributed by atoms with Gasteiger partial charge in [0.2, 0.25) is 0 Å². The third kappa shape index (κ3) is 5.72. The number of carbonyl (C=O) groups excluding carboxylic acids is 1. The van der Waals surface area contributed by atoms with Gasteiger partial charge in [0.25, 0.3) is 5.91 Å². The monoisotopic (exact) mass is 540 g/mol. The summed E-state index contributed by atoms with van der Waals surface area (Å²) in [6.45, 7) is 4.01. The highest BCUT2D eigenvalue weighted by molar-refractivity contribution is 8.19. The van der Waals surface area contributed by atoms with Gasteiger partial charge in [-0.1, -0.05) is 65.7 Å². The maximum absolute atomic E-state index is 13.5. The van der Waals surface area contributed by atoms with Crippen molar-refractivity contribution in [1.82, 2.24) is 0 Å². The summed E-state index contributed by atoms with van der Waals surface area (Å²) >= 11 is 1.29. The Hall–Kier alpha value is -4.14. The lowest BCUT2D eigenvalue weighted by molar-refractivity contribution is -0.113. The minimum Gasteiger partial charge on any atom is -0.379 e. The zero-order chi connectivity index (χ0) is 26.7. The van der Waals surface area contributed by atoms with Crippen LogP contribution in [0.5, 0.6) is 5.75 Å². The van der Waals surface area contributed by atoms with Crippen molar-refractivity contribution in [1.29, 1.82) is 0 Å². The zero-order valence-electron chi connectivity index (χ0n) is 20.7. The summed E-state index contributed by atoms with van der Waals surface area (Å²) in [5.74, 6) is 0.000931. The van der Waals surface area contributed by atoms with E-state index in [2.05, 4.69) is 0 Å². The van der Waals surface area contributed by atoms with Gasteiger partial charge in [-0.05, 0) is 85.8 Å². The maximum Gasteiger partial charge on any atom is 0.339 e. The molecule has 190 valence electrons. The van der Waals surface area contributed by atoms with Gasteiger partial charge in [-0.15, -0.1) is 0 Å². The number of amidine groups is 1. The first kappa shape index (κ1) is 25.5. The van der Waals surface area contributed by atoms with Gasteiger partial charge in [0.1, 0.15) is 10.6 Å². The molecular formula is C30H24N2O4S2. The minimum atomic E-state index is -3.93. The Balaban J connectivity index is 1.42. The predicted molar refractivity (Wildman–Crippen MR) is 153 cm³/mol. The van der Waals surface area contributed by atoms with Crippen LogP contribution in [0, 0.1) is 13.8 Å². The third-order valence-electron chi connectivity index (χ3n) is 5.77. The topological polar surface area (TPSA) is 76.0 Å². The van der Waals surface area contributed by atoms with Crippen molar-refractivity contribution in [2.45, 2.75) is 18.7 Å². The van der Waals surface area contributed by atoms with Crippen LogP contribution < -0.4 is 9.08 Å². The predicted octanol–water partition coefficient (Wildman–Crippen LogP) is 6.88. The van der Waals surface area contributed by atoms with Crippen LogP contribution in [0.4, 0.5) is 11.4 Å². The number of hydrogen-bond donors (Lipinski definition) is 0. The summed E-state index contributed by atoms with van der Waals surface area (Å²) in [5.41, 5.74) is 4.44. The fourth-order valence-electron chi connectivity index (χ4n) is 3.73. The van der Waals surface area contributed by atoms with E-state index < -0.39 is 10.1 Å². The summed E-state index contributed by atoms with van der Waals surface area (Å²) in [4.78, 5) is 20.5. The van der Waals surface area contributed by atoms with Gasteiger partial charge in [-0.3, -0.25) is 9.69 Å². The molecule has 0 N–H and O–H groups in total. The average Bonchev–Trinajstić information content (AvgIpc) is 3.21. The number of nitrogens with zero attached hydrogens (tertiary/aromatic N) is 2. The molecule has 0 spiro atoms. The molecular weight excluding hydrogens is 516 g/mol. The molecule has 1 fully saturated rings. The second kappa shape index (κ2) is 10.7. The Kier molecular flexibility index (Phi) is 7.18. The quantitative estimate of drug-likeness (QED) is 0.197. The summed E-state index contributed by atoms with van der Waals surface area (Å²) in [6.07, 6.45) is 1.77. The van der Waals surface area contributed by atoms with Crippen molar-refractivity contribution in [2.75, 3.05) is 4.90 Å². The molecule has 38 heavy (non-hydrogen) atoms. The van der Waals surface area contributed by atoms with E-state index in [9.17, 15) is 13.2 Å². The van der Waals surface area contributed by atoms with Crippen LogP contribution in [0.3, 0.4) is 0 Å². The molecule has 5 rings (SSSR count). The van der Waals surface area contributed by atoms with Crippen LogP contribution in [0.2, 0.25) is 0 Å². The number of hydrogen-bond acceptors (Lipinski definition) is 6. The molecule has 0 bridgehead atoms. The normalized spacial score (nSPS) is 15.8. The lowest BCUT2D eigenvalue weighted by Gasteiger charge is -2.16. The number of rotatable bonds is 6. The largest absolute Gasteiger partial charge is 0.379 e. The van der Waals surface area contributed by atoms with Crippen LogP contribution in [-0.4, -0.2) is 19.5 Å². The van der Waals surface area contributed by atoms with Crippen molar-refractivity contribution in [3.05, 3.63) is 125 Å². The van der Waals surface area contributed by atoms with Crippen molar-refractivity contribution >= 4 is 50.4 Å². The lowest BCUT2D eigenvalue weighted by Crippen LogP contribution is -2.28. The lowest BCUT2D eigenvalue weighted by atomic mass is 10.2. The Morgan fingerprint density at radius 3 is 2.03 bits per heavy atom. The highest BCUT2D eigenvalue weighted by Gasteiger charge is 2.34. The second-order valence-corrected chi connectivity index (χ2v) is 11.3. The van der Waals surface area contributed by atoms with E-state index >= 15 is 0 Å². The molecule has 0 unspecified atom stereocenters. The van der Waals surface area contributed by atoms with Gasteiger partial charge in [-0.2, -0.15) is 8.42 Å². The van der Waals surface area contributed by atoms with Gasteiger partial charge in [0, 0.05) is 0 Å². The summed E-state index contributed by atoms with van der Waals surface area (Å²) < 4.78 is 30.3. The van der Waals surface area contributed by atoms with Gasteiger partial charge in [-0.25, -0.2) is 4.99 Å². The van der Waals surface area contributed by atoms with E-state index in [-0.39, 0.29) is 16.6 Å². The van der Waals surface area contributed by atoms with Gasteiger partial charge in [0.15, 0.2) is 5.17 Å². The molecule has 0 aliphatic carbocycles. The van der Waals surface area contributed by atoms with E-state index in [1.165, 1.54) is 23.9 Å². The highest BCUT2D eigenvalue weighted by atomic mass is 32.2. The number of aliphatic imine (C=N–C) groups is 1. The van der Waals surface area contributed by atoms with Gasteiger partial charge >= 0.3 is 10.1 Å². The Morgan fingerprint density at radius 1 is 0.789 bits per heavy atom. The van der Waals surface area contributed by atoms with Crippen LogP contribution in [0.25, 0.3) is 6.08 Å². The smallest absolute Gasteiger partial charge is 0.339 e. The molecule has 1 saturated heterocycles. The first-order valence-corrected chi connectivity index (χ1v) is 14.1. The summed E-state index contributed by atoms with van der Waals surface area (Å²) in [5, 5.41) is 0.558. The van der Waals surface area contributed by atoms with Crippen molar-refractivity contribution in [2.24, 2.45) is 4.99 Å². The number of thioether (sulfide) groups is 1. The van der Waals surface area contributed by atoms with Crippen LogP contribution in [0.1, 0.15) is 16.7 Å². The molecule has 4 aromatic rings. The highest BCUT2D eigenvalue weighted by Crippen LogP contribution is 2.37. The van der Waals surface area contributed by atoms with Gasteiger partial charge in [0.05, 0.1) is 16.3 Å². The molecule has 4 aromatic carbocycles. The molecule has 8 heteroatoms. The molecule has 1 aliphatic heterocycles. The Bertz CT molecular complexity index is 1630.